The van der Waals surface area contributed by atoms with E-state index in [0.717, 1.165) is 27.8 Å². The van der Waals surface area contributed by atoms with Crippen molar-refractivity contribution in [1.82, 2.24) is 4.98 Å². The van der Waals surface area contributed by atoms with Gasteiger partial charge in [0.15, 0.2) is 0 Å². The average Bonchev–Trinajstić information content (AvgIpc) is 2.60. The van der Waals surface area contributed by atoms with Crippen LogP contribution >= 0.6 is 0 Å². The van der Waals surface area contributed by atoms with Crippen LogP contribution in [0.1, 0.15) is 25.3 Å². The number of fused-ring (bicyclic) bond motifs is 1. The number of hydrogen-bond acceptors (Lipinski definition) is 3. The zero-order chi connectivity index (χ0) is 16.9. The van der Waals surface area contributed by atoms with Crippen LogP contribution in [0, 0.1) is 0 Å². The Balaban J connectivity index is 1.70. The molecule has 0 radical (unpaired) electrons. The molecule has 1 aromatic heterocycles. The summed E-state index contributed by atoms with van der Waals surface area (Å²) in [5, 5.41) is 7.22. The van der Waals surface area contributed by atoms with Crippen molar-refractivity contribution in [3.05, 3.63) is 66.4 Å². The minimum absolute atomic E-state index is 0.0731. The standard InChI is InChI=1S/C20H21N3O/c1-14(2)16-9-3-4-10-17(16)23-19(24)13-22-18-11-5-7-15-8-6-12-21-20(15)18/h3-12,14,22H,13H2,1-2H3,(H,23,24). The lowest BCUT2D eigenvalue weighted by molar-refractivity contribution is -0.114. The molecule has 2 N–H and O–H groups in total. The number of benzene rings is 2. The van der Waals surface area contributed by atoms with Gasteiger partial charge in [-0.2, -0.15) is 0 Å². The maximum absolute atomic E-state index is 12.3. The molecule has 0 bridgehead atoms. The Morgan fingerprint density at radius 2 is 1.75 bits per heavy atom. The highest BCUT2D eigenvalue weighted by Gasteiger charge is 2.09. The van der Waals surface area contributed by atoms with Crippen LogP contribution in [0.4, 0.5) is 11.4 Å². The number of pyridine rings is 1. The highest BCUT2D eigenvalue weighted by molar-refractivity contribution is 5.96. The highest BCUT2D eigenvalue weighted by atomic mass is 16.1. The molecule has 0 atom stereocenters. The van der Waals surface area contributed by atoms with Crippen LogP contribution in [0.15, 0.2) is 60.8 Å². The Morgan fingerprint density at radius 1 is 1.00 bits per heavy atom. The van der Waals surface area contributed by atoms with Gasteiger partial charge in [-0.1, -0.05) is 50.2 Å². The Bertz CT molecular complexity index is 853. The summed E-state index contributed by atoms with van der Waals surface area (Å²) in [6.07, 6.45) is 1.76. The molecule has 0 spiro atoms. The van der Waals surface area contributed by atoms with Crippen molar-refractivity contribution < 1.29 is 4.79 Å². The topological polar surface area (TPSA) is 54.0 Å². The number of nitrogens with one attached hydrogen (secondary N) is 2. The van der Waals surface area contributed by atoms with E-state index >= 15 is 0 Å². The predicted molar refractivity (Wildman–Crippen MR) is 99.4 cm³/mol. The largest absolute Gasteiger partial charge is 0.374 e. The lowest BCUT2D eigenvalue weighted by Crippen LogP contribution is -2.22. The van der Waals surface area contributed by atoms with Crippen molar-refractivity contribution in [2.45, 2.75) is 19.8 Å². The number of anilines is 2. The van der Waals surface area contributed by atoms with E-state index in [0.29, 0.717) is 5.92 Å². The molecule has 0 unspecified atom stereocenters. The Morgan fingerprint density at radius 3 is 2.58 bits per heavy atom. The van der Waals surface area contributed by atoms with Gasteiger partial charge in [0, 0.05) is 17.3 Å². The van der Waals surface area contributed by atoms with Gasteiger partial charge in [-0.15, -0.1) is 0 Å². The number of hydrogen-bond donors (Lipinski definition) is 2. The number of para-hydroxylation sites is 2. The summed E-state index contributed by atoms with van der Waals surface area (Å²) in [5.41, 5.74) is 3.74. The lowest BCUT2D eigenvalue weighted by atomic mass is 10.0. The summed E-state index contributed by atoms with van der Waals surface area (Å²) in [7, 11) is 0. The molecule has 3 rings (SSSR count). The smallest absolute Gasteiger partial charge is 0.243 e. The first-order chi connectivity index (χ1) is 11.6. The molecule has 4 heteroatoms. The summed E-state index contributed by atoms with van der Waals surface area (Å²) in [6, 6.07) is 17.7. The molecule has 122 valence electrons. The van der Waals surface area contributed by atoms with E-state index in [2.05, 4.69) is 29.5 Å². The molecular weight excluding hydrogens is 298 g/mol. The monoisotopic (exact) mass is 319 g/mol. The zero-order valence-corrected chi connectivity index (χ0v) is 13.9. The van der Waals surface area contributed by atoms with Crippen molar-refractivity contribution in [1.29, 1.82) is 0 Å². The van der Waals surface area contributed by atoms with E-state index in [9.17, 15) is 4.79 Å². The molecule has 3 aromatic rings. The van der Waals surface area contributed by atoms with Gasteiger partial charge >= 0.3 is 0 Å². The van der Waals surface area contributed by atoms with Gasteiger partial charge in [-0.25, -0.2) is 0 Å². The van der Waals surface area contributed by atoms with E-state index in [1.165, 1.54) is 0 Å². The molecule has 2 aromatic carbocycles. The third kappa shape index (κ3) is 3.54. The fourth-order valence-corrected chi connectivity index (χ4v) is 2.73. The molecule has 24 heavy (non-hydrogen) atoms. The first-order valence-corrected chi connectivity index (χ1v) is 8.11. The van der Waals surface area contributed by atoms with Crippen LogP contribution in [0.25, 0.3) is 10.9 Å². The second-order valence-electron chi connectivity index (χ2n) is 6.02. The number of amides is 1. The van der Waals surface area contributed by atoms with E-state index in [-0.39, 0.29) is 12.5 Å². The van der Waals surface area contributed by atoms with Crippen molar-refractivity contribution in [2.75, 3.05) is 17.2 Å². The number of carbonyl (C=O) groups excluding carboxylic acids is 1. The van der Waals surface area contributed by atoms with E-state index in [4.69, 9.17) is 0 Å². The summed E-state index contributed by atoms with van der Waals surface area (Å²) in [5.74, 6) is 0.285. The number of rotatable bonds is 5. The van der Waals surface area contributed by atoms with Crippen molar-refractivity contribution in [2.24, 2.45) is 0 Å². The van der Waals surface area contributed by atoms with E-state index in [1.54, 1.807) is 6.20 Å². The molecule has 0 saturated carbocycles. The van der Waals surface area contributed by atoms with Crippen LogP contribution in [-0.4, -0.2) is 17.4 Å². The minimum atomic E-state index is -0.0731. The zero-order valence-electron chi connectivity index (χ0n) is 13.9. The van der Waals surface area contributed by atoms with Gasteiger partial charge in [0.25, 0.3) is 0 Å². The van der Waals surface area contributed by atoms with Gasteiger partial charge in [-0.05, 0) is 29.7 Å². The minimum Gasteiger partial charge on any atom is -0.374 e. The summed E-state index contributed by atoms with van der Waals surface area (Å²) in [6.45, 7) is 4.43. The predicted octanol–water partition coefficient (Wildman–Crippen LogP) is 4.41. The number of nitrogens with zero attached hydrogens (tertiary/aromatic N) is 1. The molecular formula is C20H21N3O. The van der Waals surface area contributed by atoms with Crippen LogP contribution in [0.5, 0.6) is 0 Å². The molecule has 0 fully saturated rings. The summed E-state index contributed by atoms with van der Waals surface area (Å²) >= 11 is 0. The van der Waals surface area contributed by atoms with Crippen LogP contribution < -0.4 is 10.6 Å². The summed E-state index contributed by atoms with van der Waals surface area (Å²) < 4.78 is 0. The first kappa shape index (κ1) is 16.0. The Labute approximate surface area is 141 Å². The maximum Gasteiger partial charge on any atom is 0.243 e. The van der Waals surface area contributed by atoms with Gasteiger partial charge in [0.2, 0.25) is 5.91 Å². The van der Waals surface area contributed by atoms with Gasteiger partial charge in [0.1, 0.15) is 0 Å². The molecule has 0 saturated heterocycles. The third-order valence-electron chi connectivity index (χ3n) is 3.93. The molecule has 4 nitrogen and oxygen atoms in total. The van der Waals surface area contributed by atoms with E-state index in [1.807, 2.05) is 54.6 Å². The van der Waals surface area contributed by atoms with Crippen LogP contribution in [0.3, 0.4) is 0 Å². The molecule has 0 aliphatic carbocycles. The molecule has 1 amide bonds. The molecule has 1 heterocycles. The molecule has 0 aliphatic heterocycles. The van der Waals surface area contributed by atoms with E-state index < -0.39 is 0 Å². The first-order valence-electron chi connectivity index (χ1n) is 8.11. The highest BCUT2D eigenvalue weighted by Crippen LogP contribution is 2.24. The Hall–Kier alpha value is -2.88. The van der Waals surface area contributed by atoms with Crippen LogP contribution in [0.2, 0.25) is 0 Å². The van der Waals surface area contributed by atoms with Crippen molar-refractivity contribution >= 4 is 28.2 Å². The fourth-order valence-electron chi connectivity index (χ4n) is 2.73. The van der Waals surface area contributed by atoms with Gasteiger partial charge in [0.05, 0.1) is 17.7 Å². The number of carbonyl (C=O) groups is 1. The van der Waals surface area contributed by atoms with Crippen molar-refractivity contribution in [3.63, 3.8) is 0 Å². The second-order valence-corrected chi connectivity index (χ2v) is 6.02. The SMILES string of the molecule is CC(C)c1ccccc1NC(=O)CNc1cccc2cccnc12. The third-order valence-corrected chi connectivity index (χ3v) is 3.93. The second kappa shape index (κ2) is 7.13. The quantitative estimate of drug-likeness (QED) is 0.732. The lowest BCUT2D eigenvalue weighted by Gasteiger charge is -2.14. The fraction of sp³-hybridized carbons (Fsp3) is 0.200. The normalized spacial score (nSPS) is 10.8. The summed E-state index contributed by atoms with van der Waals surface area (Å²) in [4.78, 5) is 16.7. The van der Waals surface area contributed by atoms with Crippen molar-refractivity contribution in [3.8, 4) is 0 Å². The Kier molecular flexibility index (Phi) is 4.75. The van der Waals surface area contributed by atoms with Crippen LogP contribution in [-0.2, 0) is 4.79 Å². The maximum atomic E-state index is 12.3. The average molecular weight is 319 g/mol. The number of aromatic nitrogens is 1. The molecule has 0 aliphatic rings. The van der Waals surface area contributed by atoms with Gasteiger partial charge in [-0.3, -0.25) is 9.78 Å². The van der Waals surface area contributed by atoms with Gasteiger partial charge < -0.3 is 10.6 Å².